The lowest BCUT2D eigenvalue weighted by molar-refractivity contribution is 0.488. The van der Waals surface area contributed by atoms with Crippen LogP contribution in [0.5, 0.6) is 0 Å². The normalized spacial score (nSPS) is 11.4. The third-order valence-corrected chi connectivity index (χ3v) is 4.26. The van der Waals surface area contributed by atoms with Crippen LogP contribution < -0.4 is 0 Å². The molecule has 1 aromatic rings. The second-order valence-corrected chi connectivity index (χ2v) is 6.91. The van der Waals surface area contributed by atoms with Gasteiger partial charge in [0.1, 0.15) is 0 Å². The molecule has 0 N–H and O–H groups in total. The molecule has 1 rings (SSSR count). The molecule has 1 aromatic carbocycles. The van der Waals surface area contributed by atoms with Gasteiger partial charge in [0.15, 0.2) is 0 Å². The number of nitrogens with zero attached hydrogens (tertiary/aromatic N) is 1. The van der Waals surface area contributed by atoms with Crippen molar-refractivity contribution in [3.05, 3.63) is 28.3 Å². The molecule has 3 heteroatoms. The number of rotatable bonds is 5. The minimum atomic E-state index is 0.304. The Hall–Kier alpha value is -0.980. The van der Waals surface area contributed by atoms with E-state index in [0.29, 0.717) is 17.8 Å². The molecule has 0 unspecified atom stereocenters. The number of nitriles is 1. The van der Waals surface area contributed by atoms with E-state index in [1.807, 2.05) is 0 Å². The minimum Gasteiger partial charge on any atom is -0.314 e. The summed E-state index contributed by atoms with van der Waals surface area (Å²) in [6, 6.07) is 4.62. The Morgan fingerprint density at radius 1 is 1.00 bits per heavy atom. The fourth-order valence-electron chi connectivity index (χ4n) is 2.47. The summed E-state index contributed by atoms with van der Waals surface area (Å²) in [7, 11) is 1.68. The van der Waals surface area contributed by atoms with Crippen LogP contribution in [0.15, 0.2) is 11.0 Å². The standard InChI is InChI=1S/C17H25NOS/c1-10(2)13-8-14(11(3)4)17(20-19-7)16(12(5)6)15(13)9-18/h8,10-12H,1-7H3. The van der Waals surface area contributed by atoms with E-state index in [1.54, 1.807) is 7.11 Å². The van der Waals surface area contributed by atoms with Crippen LogP contribution in [0.2, 0.25) is 0 Å². The van der Waals surface area contributed by atoms with Gasteiger partial charge in [-0.2, -0.15) is 5.26 Å². The van der Waals surface area contributed by atoms with E-state index in [2.05, 4.69) is 53.7 Å². The third kappa shape index (κ3) is 3.37. The van der Waals surface area contributed by atoms with Crippen LogP contribution in [-0.2, 0) is 4.18 Å². The molecule has 0 bridgehead atoms. The van der Waals surface area contributed by atoms with Gasteiger partial charge >= 0.3 is 0 Å². The first kappa shape index (κ1) is 17.1. The van der Waals surface area contributed by atoms with Crippen molar-refractivity contribution in [2.45, 2.75) is 64.2 Å². The quantitative estimate of drug-likeness (QED) is 0.664. The highest BCUT2D eigenvalue weighted by Crippen LogP contribution is 2.41. The summed E-state index contributed by atoms with van der Waals surface area (Å²) >= 11 is 1.38. The van der Waals surface area contributed by atoms with Crippen LogP contribution in [0, 0.1) is 11.3 Å². The van der Waals surface area contributed by atoms with Crippen LogP contribution in [-0.4, -0.2) is 7.11 Å². The van der Waals surface area contributed by atoms with Crippen LogP contribution >= 0.6 is 12.0 Å². The lowest BCUT2D eigenvalue weighted by atomic mass is 9.85. The first-order valence-corrected chi connectivity index (χ1v) is 7.90. The largest absolute Gasteiger partial charge is 0.314 e. The maximum atomic E-state index is 9.62. The second-order valence-electron chi connectivity index (χ2n) is 6.00. The minimum absolute atomic E-state index is 0.304. The monoisotopic (exact) mass is 291 g/mol. The number of hydrogen-bond donors (Lipinski definition) is 0. The molecule has 0 radical (unpaired) electrons. The lowest BCUT2D eigenvalue weighted by Crippen LogP contribution is -2.07. The smallest absolute Gasteiger partial charge is 0.0998 e. The van der Waals surface area contributed by atoms with Gasteiger partial charge in [0.2, 0.25) is 0 Å². The van der Waals surface area contributed by atoms with E-state index in [1.165, 1.54) is 17.6 Å². The summed E-state index contributed by atoms with van der Waals surface area (Å²) in [5.41, 5.74) is 4.40. The van der Waals surface area contributed by atoms with Crippen LogP contribution in [0.4, 0.5) is 0 Å². The van der Waals surface area contributed by atoms with E-state index in [0.717, 1.165) is 21.6 Å². The van der Waals surface area contributed by atoms with Gasteiger partial charge in [0, 0.05) is 16.9 Å². The predicted molar refractivity (Wildman–Crippen MR) is 86.3 cm³/mol. The zero-order valence-electron chi connectivity index (χ0n) is 13.6. The Morgan fingerprint density at radius 2 is 1.55 bits per heavy atom. The molecular formula is C17H25NOS. The Balaban J connectivity index is 3.76. The fraction of sp³-hybridized carbons (Fsp3) is 0.588. The Morgan fingerprint density at radius 3 is 1.90 bits per heavy atom. The van der Waals surface area contributed by atoms with Crippen LogP contribution in [0.1, 0.15) is 81.5 Å². The van der Waals surface area contributed by atoms with Crippen LogP contribution in [0.3, 0.4) is 0 Å². The summed E-state index contributed by atoms with van der Waals surface area (Å²) in [6.07, 6.45) is 0. The van der Waals surface area contributed by atoms with Gasteiger partial charge < -0.3 is 4.18 Å². The van der Waals surface area contributed by atoms with Gasteiger partial charge in [-0.1, -0.05) is 47.6 Å². The highest BCUT2D eigenvalue weighted by Gasteiger charge is 2.23. The summed E-state index contributed by atoms with van der Waals surface area (Å²) in [6.45, 7) is 13.0. The van der Waals surface area contributed by atoms with Crippen molar-refractivity contribution in [2.75, 3.05) is 7.11 Å². The van der Waals surface area contributed by atoms with Gasteiger partial charge in [-0.3, -0.25) is 0 Å². The molecule has 20 heavy (non-hydrogen) atoms. The van der Waals surface area contributed by atoms with Crippen molar-refractivity contribution in [1.29, 1.82) is 5.26 Å². The van der Waals surface area contributed by atoms with Crippen molar-refractivity contribution in [1.82, 2.24) is 0 Å². The molecule has 0 aliphatic carbocycles. The zero-order chi connectivity index (χ0) is 15.4. The van der Waals surface area contributed by atoms with E-state index < -0.39 is 0 Å². The molecule has 0 aromatic heterocycles. The summed E-state index contributed by atoms with van der Waals surface area (Å²) in [5.74, 6) is 1.06. The number of benzene rings is 1. The summed E-state index contributed by atoms with van der Waals surface area (Å²) in [5, 5.41) is 9.62. The molecule has 0 saturated heterocycles. The first-order chi connectivity index (χ1) is 9.34. The van der Waals surface area contributed by atoms with Gasteiger partial charge in [-0.05, 0) is 34.4 Å². The molecule has 0 aliphatic rings. The van der Waals surface area contributed by atoms with Crippen molar-refractivity contribution in [3.63, 3.8) is 0 Å². The maximum absolute atomic E-state index is 9.62. The van der Waals surface area contributed by atoms with E-state index in [4.69, 9.17) is 4.18 Å². The molecular weight excluding hydrogens is 266 g/mol. The summed E-state index contributed by atoms with van der Waals surface area (Å²) in [4.78, 5) is 1.12. The molecule has 2 nitrogen and oxygen atoms in total. The van der Waals surface area contributed by atoms with Gasteiger partial charge in [0.05, 0.1) is 18.7 Å². The Kier molecular flexibility index (Phi) is 6.10. The lowest BCUT2D eigenvalue weighted by Gasteiger charge is -2.23. The molecule has 0 saturated carbocycles. The molecule has 0 spiro atoms. The average Bonchev–Trinajstić information content (AvgIpc) is 2.36. The average molecular weight is 291 g/mol. The fourth-order valence-corrected chi connectivity index (χ4v) is 3.45. The SMILES string of the molecule is COSc1c(C(C)C)cc(C(C)C)c(C#N)c1C(C)C. The molecule has 0 fully saturated rings. The molecule has 0 heterocycles. The molecule has 0 aliphatic heterocycles. The second kappa shape index (κ2) is 7.15. The van der Waals surface area contributed by atoms with Gasteiger partial charge in [-0.25, -0.2) is 0 Å². The molecule has 110 valence electrons. The van der Waals surface area contributed by atoms with Crippen molar-refractivity contribution in [2.24, 2.45) is 0 Å². The van der Waals surface area contributed by atoms with E-state index >= 15 is 0 Å². The highest BCUT2D eigenvalue weighted by molar-refractivity contribution is 7.94. The van der Waals surface area contributed by atoms with E-state index in [-0.39, 0.29) is 0 Å². The van der Waals surface area contributed by atoms with Gasteiger partial charge in [0.25, 0.3) is 0 Å². The maximum Gasteiger partial charge on any atom is 0.0998 e. The topological polar surface area (TPSA) is 33.0 Å². The highest BCUT2D eigenvalue weighted by atomic mass is 32.2. The number of hydrogen-bond acceptors (Lipinski definition) is 3. The Labute approximate surface area is 127 Å². The Bertz CT molecular complexity index is 513. The summed E-state index contributed by atoms with van der Waals surface area (Å²) < 4.78 is 5.32. The van der Waals surface area contributed by atoms with Crippen molar-refractivity contribution in [3.8, 4) is 6.07 Å². The van der Waals surface area contributed by atoms with Crippen molar-refractivity contribution < 1.29 is 4.18 Å². The predicted octanol–water partition coefficient (Wildman–Crippen LogP) is 5.58. The third-order valence-electron chi connectivity index (χ3n) is 3.48. The molecule has 0 atom stereocenters. The molecule has 0 amide bonds. The van der Waals surface area contributed by atoms with Crippen molar-refractivity contribution >= 4 is 12.0 Å². The van der Waals surface area contributed by atoms with Gasteiger partial charge in [-0.15, -0.1) is 0 Å². The van der Waals surface area contributed by atoms with E-state index in [9.17, 15) is 5.26 Å². The van der Waals surface area contributed by atoms with Crippen LogP contribution in [0.25, 0.3) is 0 Å². The zero-order valence-corrected chi connectivity index (χ0v) is 14.4. The first-order valence-electron chi connectivity index (χ1n) is 7.16.